The van der Waals surface area contributed by atoms with Crippen molar-refractivity contribution in [2.24, 2.45) is 5.92 Å². The Kier molecular flexibility index (Phi) is 6.73. The molecule has 0 aromatic heterocycles. The molecule has 3 rings (SSSR count). The summed E-state index contributed by atoms with van der Waals surface area (Å²) >= 11 is 0. The van der Waals surface area contributed by atoms with E-state index in [1.807, 2.05) is 60.7 Å². The van der Waals surface area contributed by atoms with Crippen LogP contribution in [-0.4, -0.2) is 48.7 Å². The van der Waals surface area contributed by atoms with Crippen LogP contribution in [0.1, 0.15) is 33.1 Å². The number of ether oxygens (including phenoxy) is 1. The molecule has 1 fully saturated rings. The monoisotopic (exact) mass is 400 g/mol. The van der Waals surface area contributed by atoms with Crippen molar-refractivity contribution in [3.05, 3.63) is 60.7 Å². The van der Waals surface area contributed by atoms with Crippen LogP contribution in [0.5, 0.6) is 0 Å². The van der Waals surface area contributed by atoms with E-state index >= 15 is 0 Å². The van der Waals surface area contributed by atoms with Crippen LogP contribution < -0.4 is 10.4 Å². The van der Waals surface area contributed by atoms with Gasteiger partial charge in [-0.15, -0.1) is 0 Å². The van der Waals surface area contributed by atoms with Gasteiger partial charge in [0.15, 0.2) is 0 Å². The fraction of sp³-hybridized carbons (Fsp3) is 0.478. The van der Waals surface area contributed by atoms with Crippen molar-refractivity contribution < 1.29 is 19.7 Å². The number of hydrogen-bond acceptors (Lipinski definition) is 4. The van der Waals surface area contributed by atoms with Crippen molar-refractivity contribution >= 4 is 18.7 Å². The Balaban J connectivity index is 1.88. The van der Waals surface area contributed by atoms with Crippen LogP contribution >= 0.6 is 0 Å². The zero-order chi connectivity index (χ0) is 20.2. The Hall–Kier alpha value is -1.50. The third-order valence-electron chi connectivity index (χ3n) is 6.15. The lowest BCUT2D eigenvalue weighted by molar-refractivity contribution is -0.0304. The second kappa shape index (κ2) is 8.89. The molecule has 152 valence electrons. The van der Waals surface area contributed by atoms with E-state index < -0.39 is 14.4 Å². The predicted molar refractivity (Wildman–Crippen MR) is 114 cm³/mol. The zero-order valence-corrected chi connectivity index (χ0v) is 17.8. The van der Waals surface area contributed by atoms with Crippen LogP contribution in [0.4, 0.5) is 0 Å². The highest BCUT2D eigenvalue weighted by Gasteiger charge is 2.51. The summed E-state index contributed by atoms with van der Waals surface area (Å²) in [7, 11) is -3.03. The molecule has 2 aromatic carbocycles. The Morgan fingerprint density at radius 3 is 2.00 bits per heavy atom. The van der Waals surface area contributed by atoms with E-state index in [1.165, 1.54) is 0 Å². The third-order valence-corrected chi connectivity index (χ3v) is 10.7. The van der Waals surface area contributed by atoms with E-state index in [2.05, 4.69) is 13.8 Å². The first-order valence-electron chi connectivity index (χ1n) is 10.1. The molecule has 0 radical (unpaired) electrons. The highest BCUT2D eigenvalue weighted by molar-refractivity contribution is 6.98. The second-order valence-electron chi connectivity index (χ2n) is 8.57. The minimum atomic E-state index is -3.03. The van der Waals surface area contributed by atoms with Gasteiger partial charge in [-0.05, 0) is 40.6 Å². The largest absolute Gasteiger partial charge is 0.424 e. The van der Waals surface area contributed by atoms with Crippen LogP contribution in [0.25, 0.3) is 0 Å². The van der Waals surface area contributed by atoms with Crippen LogP contribution in [0.2, 0.25) is 5.04 Å². The molecule has 0 saturated heterocycles. The van der Waals surface area contributed by atoms with Crippen molar-refractivity contribution in [1.82, 2.24) is 0 Å². The minimum absolute atomic E-state index is 0.0337. The Morgan fingerprint density at radius 2 is 1.50 bits per heavy atom. The molecule has 0 aliphatic heterocycles. The normalized spacial score (nSPS) is 23.1. The summed E-state index contributed by atoms with van der Waals surface area (Å²) in [6.45, 7) is 4.54. The first-order chi connectivity index (χ1) is 13.4. The van der Waals surface area contributed by atoms with Gasteiger partial charge >= 0.3 is 0 Å². The lowest BCUT2D eigenvalue weighted by atomic mass is 9.94. The van der Waals surface area contributed by atoms with Crippen molar-refractivity contribution in [2.45, 2.75) is 50.4 Å². The standard InChI is InChI=1S/C23H32O4Si/c1-23(2,17-18-15-21(25)22(16-18)27-14-13-24)28(26,19-9-5-3-6-10-19)20-11-7-4-8-12-20/h3-12,18,21-22,24-26H,13-17H2,1-2H3/t18-,21-,22+/m0/s1. The summed E-state index contributed by atoms with van der Waals surface area (Å²) in [4.78, 5) is 12.2. The summed E-state index contributed by atoms with van der Waals surface area (Å²) in [6, 6.07) is 20.1. The maximum atomic E-state index is 12.2. The summed E-state index contributed by atoms with van der Waals surface area (Å²) in [5.74, 6) is 0.278. The molecule has 28 heavy (non-hydrogen) atoms. The first kappa shape index (κ1) is 21.2. The van der Waals surface area contributed by atoms with Crippen molar-refractivity contribution in [2.75, 3.05) is 13.2 Å². The summed E-state index contributed by atoms with van der Waals surface area (Å²) in [5.41, 5.74) is 0. The van der Waals surface area contributed by atoms with E-state index in [9.17, 15) is 9.90 Å². The molecule has 0 spiro atoms. The zero-order valence-electron chi connectivity index (χ0n) is 16.8. The van der Waals surface area contributed by atoms with Crippen molar-refractivity contribution in [3.63, 3.8) is 0 Å². The number of rotatable bonds is 8. The van der Waals surface area contributed by atoms with Gasteiger partial charge in [-0.25, -0.2) is 0 Å². The third kappa shape index (κ3) is 4.24. The van der Waals surface area contributed by atoms with Gasteiger partial charge in [-0.1, -0.05) is 74.5 Å². The molecular formula is C23H32O4Si. The number of aliphatic hydroxyl groups is 2. The Morgan fingerprint density at radius 1 is 0.964 bits per heavy atom. The molecule has 5 heteroatoms. The van der Waals surface area contributed by atoms with Gasteiger partial charge in [0.25, 0.3) is 8.32 Å². The molecule has 0 unspecified atom stereocenters. The number of benzene rings is 2. The topological polar surface area (TPSA) is 69.9 Å². The van der Waals surface area contributed by atoms with Crippen LogP contribution in [-0.2, 0) is 4.74 Å². The SMILES string of the molecule is CC(C)(C[C@H]1C[C@H](O)[C@H](OCCO)C1)[Si](O)(c1ccccc1)c1ccccc1. The van der Waals surface area contributed by atoms with Crippen molar-refractivity contribution in [1.29, 1.82) is 0 Å². The fourth-order valence-electron chi connectivity index (χ4n) is 4.80. The van der Waals surface area contributed by atoms with Gasteiger partial charge < -0.3 is 19.7 Å². The quantitative estimate of drug-likeness (QED) is 0.593. The van der Waals surface area contributed by atoms with E-state index in [0.717, 1.165) is 23.2 Å². The number of hydrogen-bond donors (Lipinski definition) is 3. The van der Waals surface area contributed by atoms with Gasteiger partial charge in [0.05, 0.1) is 25.4 Å². The lowest BCUT2D eigenvalue weighted by Crippen LogP contribution is -2.65. The van der Waals surface area contributed by atoms with E-state index in [0.29, 0.717) is 6.42 Å². The highest BCUT2D eigenvalue weighted by Crippen LogP contribution is 2.45. The molecule has 1 aliphatic rings. The molecule has 4 nitrogen and oxygen atoms in total. The van der Waals surface area contributed by atoms with Gasteiger partial charge in [0.2, 0.25) is 0 Å². The minimum Gasteiger partial charge on any atom is -0.424 e. The lowest BCUT2D eigenvalue weighted by Gasteiger charge is -2.42. The van der Waals surface area contributed by atoms with E-state index in [1.54, 1.807) is 0 Å². The summed E-state index contributed by atoms with van der Waals surface area (Å²) < 4.78 is 5.61. The average molecular weight is 401 g/mol. The van der Waals surface area contributed by atoms with Crippen LogP contribution in [0.15, 0.2) is 60.7 Å². The fourth-order valence-corrected chi connectivity index (χ4v) is 8.63. The Bertz CT molecular complexity index is 695. The van der Waals surface area contributed by atoms with E-state index in [4.69, 9.17) is 9.84 Å². The molecule has 0 heterocycles. The van der Waals surface area contributed by atoms with Crippen LogP contribution in [0.3, 0.4) is 0 Å². The predicted octanol–water partition coefficient (Wildman–Crippen LogP) is 2.06. The average Bonchev–Trinajstić information content (AvgIpc) is 3.05. The molecule has 0 amide bonds. The van der Waals surface area contributed by atoms with Gasteiger partial charge in [0.1, 0.15) is 0 Å². The summed E-state index contributed by atoms with van der Waals surface area (Å²) in [6.07, 6.45) is 1.52. The number of aliphatic hydroxyl groups excluding tert-OH is 2. The molecule has 3 N–H and O–H groups in total. The molecule has 3 atom stereocenters. The molecule has 0 bridgehead atoms. The molecular weight excluding hydrogens is 368 g/mol. The summed E-state index contributed by atoms with van der Waals surface area (Å²) in [5, 5.41) is 21.0. The maximum absolute atomic E-state index is 12.2. The van der Waals surface area contributed by atoms with Crippen molar-refractivity contribution in [3.8, 4) is 0 Å². The van der Waals surface area contributed by atoms with E-state index in [-0.39, 0.29) is 30.3 Å². The smallest absolute Gasteiger partial charge is 0.258 e. The first-order valence-corrected chi connectivity index (χ1v) is 12.1. The maximum Gasteiger partial charge on any atom is 0.258 e. The highest BCUT2D eigenvalue weighted by atomic mass is 28.4. The molecule has 1 aliphatic carbocycles. The molecule has 2 aromatic rings. The Labute approximate surface area is 168 Å². The molecule has 1 saturated carbocycles. The van der Waals surface area contributed by atoms with Gasteiger partial charge in [-0.2, -0.15) is 0 Å². The van der Waals surface area contributed by atoms with Crippen LogP contribution in [0, 0.1) is 5.92 Å². The van der Waals surface area contributed by atoms with Gasteiger partial charge in [0, 0.05) is 0 Å². The van der Waals surface area contributed by atoms with Gasteiger partial charge in [-0.3, -0.25) is 0 Å². The second-order valence-corrected chi connectivity index (χ2v) is 12.5.